The molecule has 0 spiro atoms. The lowest BCUT2D eigenvalue weighted by atomic mass is 10.1. The van der Waals surface area contributed by atoms with E-state index in [9.17, 15) is 12.8 Å². The topological polar surface area (TPSA) is 73.8 Å². The molecule has 6 nitrogen and oxygen atoms in total. The summed E-state index contributed by atoms with van der Waals surface area (Å²) >= 11 is 0. The highest BCUT2D eigenvalue weighted by molar-refractivity contribution is 7.89. The van der Waals surface area contributed by atoms with Gasteiger partial charge in [0.1, 0.15) is 5.82 Å². The Morgan fingerprint density at radius 1 is 0.968 bits per heavy atom. The number of hydrogen-bond acceptors (Lipinski definition) is 4. The largest absolute Gasteiger partial charge is 0.352 e. The lowest BCUT2D eigenvalue weighted by molar-refractivity contribution is 0.296. The van der Waals surface area contributed by atoms with Crippen molar-refractivity contribution in [2.24, 2.45) is 4.99 Å². The minimum Gasteiger partial charge on any atom is -0.352 e. The van der Waals surface area contributed by atoms with Crippen molar-refractivity contribution < 1.29 is 12.8 Å². The van der Waals surface area contributed by atoms with Crippen LogP contribution in [0.5, 0.6) is 0 Å². The van der Waals surface area contributed by atoms with Crippen LogP contribution in [0.2, 0.25) is 0 Å². The summed E-state index contributed by atoms with van der Waals surface area (Å²) in [6, 6.07) is 12.6. The van der Waals surface area contributed by atoms with Gasteiger partial charge < -0.3 is 10.6 Å². The van der Waals surface area contributed by atoms with Crippen molar-refractivity contribution in [2.45, 2.75) is 39.2 Å². The predicted octanol–water partition coefficient (Wildman–Crippen LogP) is 3.08. The van der Waals surface area contributed by atoms with Crippen LogP contribution in [0.25, 0.3) is 0 Å². The summed E-state index contributed by atoms with van der Waals surface area (Å²) in [5.41, 5.74) is 3.57. The van der Waals surface area contributed by atoms with Gasteiger partial charge in [-0.25, -0.2) is 12.8 Å². The van der Waals surface area contributed by atoms with Crippen molar-refractivity contribution in [3.8, 4) is 0 Å². The summed E-state index contributed by atoms with van der Waals surface area (Å²) in [6.07, 6.45) is 1.17. The third kappa shape index (κ3) is 8.67. The van der Waals surface area contributed by atoms with Crippen LogP contribution in [0.4, 0.5) is 4.39 Å². The van der Waals surface area contributed by atoms with Gasteiger partial charge in [0, 0.05) is 32.9 Å². The average Bonchev–Trinajstić information content (AvgIpc) is 2.74. The molecule has 0 aliphatic carbocycles. The molecule has 2 aromatic rings. The van der Waals surface area contributed by atoms with Crippen molar-refractivity contribution in [2.75, 3.05) is 26.4 Å². The number of hydrogen-bond donors (Lipinski definition) is 2. The van der Waals surface area contributed by atoms with Crippen LogP contribution in [0.1, 0.15) is 36.1 Å². The maximum atomic E-state index is 13.7. The molecule has 0 radical (unpaired) electrons. The molecule has 8 heteroatoms. The van der Waals surface area contributed by atoms with Crippen LogP contribution in [-0.2, 0) is 35.2 Å². The first-order valence-corrected chi connectivity index (χ1v) is 12.5. The van der Waals surface area contributed by atoms with Crippen LogP contribution in [0.15, 0.2) is 47.5 Å². The van der Waals surface area contributed by atoms with Gasteiger partial charge in [-0.05, 0) is 47.5 Å². The van der Waals surface area contributed by atoms with Gasteiger partial charge in [0.05, 0.1) is 5.75 Å². The first kappa shape index (κ1) is 24.8. The van der Waals surface area contributed by atoms with E-state index in [1.165, 1.54) is 30.0 Å². The fourth-order valence-corrected chi connectivity index (χ4v) is 4.08. The second kappa shape index (κ2) is 11.8. The molecular weight excluding hydrogens is 415 g/mol. The highest BCUT2D eigenvalue weighted by Crippen LogP contribution is 2.14. The van der Waals surface area contributed by atoms with Crippen LogP contribution in [-0.4, -0.2) is 45.7 Å². The summed E-state index contributed by atoms with van der Waals surface area (Å²) in [7, 11) is -1.56. The lowest BCUT2D eigenvalue weighted by Gasteiger charge is -2.18. The number of rotatable bonds is 10. The fraction of sp³-hybridized carbons (Fsp3) is 0.435. The van der Waals surface area contributed by atoms with E-state index in [4.69, 9.17) is 0 Å². The van der Waals surface area contributed by atoms with Crippen molar-refractivity contribution in [1.29, 1.82) is 0 Å². The molecule has 0 saturated heterocycles. The quantitative estimate of drug-likeness (QED) is 0.432. The van der Waals surface area contributed by atoms with Crippen LogP contribution >= 0.6 is 0 Å². The molecular formula is C23H33FN4O2S. The Morgan fingerprint density at radius 3 is 2.16 bits per heavy atom. The summed E-state index contributed by atoms with van der Waals surface area (Å²) in [5, 5.41) is 6.37. The van der Waals surface area contributed by atoms with Crippen molar-refractivity contribution in [3.05, 3.63) is 70.5 Å². The molecule has 0 heterocycles. The maximum Gasteiger partial charge on any atom is 0.191 e. The SMILES string of the molecule is CCN(CC)Cc1ccc(CNC(=NC)NCc2cc(F)ccc2CS(C)(=O)=O)cc1. The van der Waals surface area contributed by atoms with Crippen molar-refractivity contribution >= 4 is 15.8 Å². The molecule has 0 aliphatic heterocycles. The predicted molar refractivity (Wildman–Crippen MR) is 125 cm³/mol. The van der Waals surface area contributed by atoms with Gasteiger partial charge in [-0.1, -0.05) is 44.2 Å². The average molecular weight is 449 g/mol. The number of guanidine groups is 1. The molecule has 0 saturated carbocycles. The van der Waals surface area contributed by atoms with Gasteiger partial charge in [0.2, 0.25) is 0 Å². The van der Waals surface area contributed by atoms with E-state index in [-0.39, 0.29) is 12.3 Å². The fourth-order valence-electron chi connectivity index (χ4n) is 3.24. The van der Waals surface area contributed by atoms with Crippen LogP contribution < -0.4 is 10.6 Å². The van der Waals surface area contributed by atoms with Gasteiger partial charge in [-0.3, -0.25) is 9.89 Å². The summed E-state index contributed by atoms with van der Waals surface area (Å²) in [6.45, 7) is 8.17. The van der Waals surface area contributed by atoms with Crippen LogP contribution in [0.3, 0.4) is 0 Å². The van der Waals surface area contributed by atoms with Gasteiger partial charge in [0.25, 0.3) is 0 Å². The first-order chi connectivity index (χ1) is 14.7. The number of benzene rings is 2. The molecule has 0 aliphatic rings. The third-order valence-electron chi connectivity index (χ3n) is 5.04. The van der Waals surface area contributed by atoms with E-state index < -0.39 is 15.7 Å². The monoisotopic (exact) mass is 448 g/mol. The summed E-state index contributed by atoms with van der Waals surface area (Å²) in [4.78, 5) is 6.56. The molecule has 2 N–H and O–H groups in total. The van der Waals surface area contributed by atoms with E-state index >= 15 is 0 Å². The maximum absolute atomic E-state index is 13.7. The molecule has 0 atom stereocenters. The Balaban J connectivity index is 1.94. The molecule has 0 fully saturated rings. The molecule has 2 rings (SSSR count). The highest BCUT2D eigenvalue weighted by Gasteiger charge is 2.11. The lowest BCUT2D eigenvalue weighted by Crippen LogP contribution is -2.36. The zero-order chi connectivity index (χ0) is 22.9. The number of aliphatic imine (C=N–C) groups is 1. The molecule has 0 unspecified atom stereocenters. The zero-order valence-electron chi connectivity index (χ0n) is 18.8. The van der Waals surface area contributed by atoms with E-state index in [1.54, 1.807) is 7.05 Å². The third-order valence-corrected chi connectivity index (χ3v) is 5.87. The van der Waals surface area contributed by atoms with Gasteiger partial charge >= 0.3 is 0 Å². The molecule has 0 amide bonds. The van der Waals surface area contributed by atoms with E-state index in [2.05, 4.69) is 58.6 Å². The standard InChI is InChI=1S/C23H33FN4O2S/c1-5-28(6-2)16-19-9-7-18(8-10-19)14-26-23(25-3)27-15-21-13-22(24)12-11-20(21)17-31(4,29)30/h7-13H,5-6,14-17H2,1-4H3,(H2,25,26,27). The van der Waals surface area contributed by atoms with Crippen molar-refractivity contribution in [1.82, 2.24) is 15.5 Å². The first-order valence-electron chi connectivity index (χ1n) is 10.4. The Hall–Kier alpha value is -2.45. The van der Waals surface area contributed by atoms with Gasteiger partial charge in [-0.15, -0.1) is 0 Å². The molecule has 170 valence electrons. The molecule has 31 heavy (non-hydrogen) atoms. The normalized spacial score (nSPS) is 12.3. The smallest absolute Gasteiger partial charge is 0.191 e. The number of sulfone groups is 1. The van der Waals surface area contributed by atoms with Gasteiger partial charge in [-0.2, -0.15) is 0 Å². The van der Waals surface area contributed by atoms with Crippen LogP contribution in [0, 0.1) is 5.82 Å². The summed E-state index contributed by atoms with van der Waals surface area (Å²) in [5.74, 6) is 0.0273. The molecule has 2 aromatic carbocycles. The second-order valence-electron chi connectivity index (χ2n) is 7.54. The molecule has 0 aromatic heterocycles. The summed E-state index contributed by atoms with van der Waals surface area (Å²) < 4.78 is 37.0. The number of halogens is 1. The minimum atomic E-state index is -3.22. The minimum absolute atomic E-state index is 0.129. The van der Waals surface area contributed by atoms with E-state index in [1.807, 2.05) is 0 Å². The number of nitrogens with one attached hydrogen (secondary N) is 2. The van der Waals surface area contributed by atoms with Gasteiger partial charge in [0.15, 0.2) is 15.8 Å². The second-order valence-corrected chi connectivity index (χ2v) is 9.68. The Bertz CT molecular complexity index is 972. The Labute approximate surface area is 185 Å². The van der Waals surface area contributed by atoms with Crippen molar-refractivity contribution in [3.63, 3.8) is 0 Å². The zero-order valence-corrected chi connectivity index (χ0v) is 19.6. The Kier molecular flexibility index (Phi) is 9.45. The van der Waals surface area contributed by atoms with E-state index in [0.717, 1.165) is 25.2 Å². The highest BCUT2D eigenvalue weighted by atomic mass is 32.2. The molecule has 0 bridgehead atoms. The Morgan fingerprint density at radius 2 is 1.58 bits per heavy atom. The van der Waals surface area contributed by atoms with E-state index in [0.29, 0.717) is 23.6 Å². The number of nitrogens with zero attached hydrogens (tertiary/aromatic N) is 2.